The van der Waals surface area contributed by atoms with E-state index in [9.17, 15) is 5.11 Å². The summed E-state index contributed by atoms with van der Waals surface area (Å²) in [6.07, 6.45) is 1.26. The van der Waals surface area contributed by atoms with Crippen molar-refractivity contribution in [2.75, 3.05) is 0 Å². The number of hydrogen-bond donors (Lipinski definition) is 2. The molecule has 3 N–H and O–H groups in total. The van der Waals surface area contributed by atoms with Crippen LogP contribution in [0.5, 0.6) is 0 Å². The largest absolute Gasteiger partial charge is 0.391 e. The summed E-state index contributed by atoms with van der Waals surface area (Å²) in [6, 6.07) is 7.39. The highest BCUT2D eigenvalue weighted by Crippen LogP contribution is 2.15. The summed E-state index contributed by atoms with van der Waals surface area (Å²) in [5, 5.41) is 9.26. The van der Waals surface area contributed by atoms with Crippen molar-refractivity contribution in [1.29, 1.82) is 0 Å². The van der Waals surface area contributed by atoms with Gasteiger partial charge in [0.25, 0.3) is 0 Å². The summed E-state index contributed by atoms with van der Waals surface area (Å²) >= 11 is 0. The van der Waals surface area contributed by atoms with Crippen LogP contribution in [0.25, 0.3) is 6.08 Å². The smallest absolute Gasteiger partial charge is 0.0704 e. The first-order valence-electron chi connectivity index (χ1n) is 4.31. The third-order valence-corrected chi connectivity index (χ3v) is 2.08. The Morgan fingerprint density at radius 3 is 2.31 bits per heavy atom. The van der Waals surface area contributed by atoms with Crippen LogP contribution in [-0.4, -0.2) is 11.2 Å². The summed E-state index contributed by atoms with van der Waals surface area (Å²) in [4.78, 5) is 0. The molecule has 70 valence electrons. The van der Waals surface area contributed by atoms with Crippen LogP contribution in [0.1, 0.15) is 24.1 Å². The van der Waals surface area contributed by atoms with Crippen molar-refractivity contribution in [2.24, 2.45) is 5.73 Å². The maximum absolute atomic E-state index is 9.26. The first kappa shape index (κ1) is 9.96. The monoisotopic (exact) mass is 177 g/mol. The lowest BCUT2D eigenvalue weighted by Crippen LogP contribution is -2.22. The van der Waals surface area contributed by atoms with Gasteiger partial charge in [0.05, 0.1) is 12.1 Å². The summed E-state index contributed by atoms with van der Waals surface area (Å²) < 4.78 is 0. The number of hydrogen-bond acceptors (Lipinski definition) is 2. The van der Waals surface area contributed by atoms with Crippen molar-refractivity contribution in [3.63, 3.8) is 0 Å². The molecule has 0 fully saturated rings. The molecule has 0 saturated carbocycles. The molecule has 0 radical (unpaired) electrons. The molecule has 0 amide bonds. The van der Waals surface area contributed by atoms with Crippen LogP contribution in [0.4, 0.5) is 0 Å². The first-order chi connectivity index (χ1) is 6.15. The third-order valence-electron chi connectivity index (χ3n) is 2.08. The second-order valence-corrected chi connectivity index (χ2v) is 3.14. The van der Waals surface area contributed by atoms with Gasteiger partial charge in [-0.15, -0.1) is 0 Å². The van der Waals surface area contributed by atoms with Crippen LogP contribution in [0.2, 0.25) is 0 Å². The summed E-state index contributed by atoms with van der Waals surface area (Å²) in [6.45, 7) is 5.35. The van der Waals surface area contributed by atoms with Crippen molar-refractivity contribution >= 4 is 6.08 Å². The predicted molar refractivity (Wildman–Crippen MR) is 55.1 cm³/mol. The fourth-order valence-electron chi connectivity index (χ4n) is 1.13. The normalized spacial score (nSPS) is 15.0. The van der Waals surface area contributed by atoms with Gasteiger partial charge in [-0.2, -0.15) is 0 Å². The summed E-state index contributed by atoms with van der Waals surface area (Å²) in [5.74, 6) is 0. The van der Waals surface area contributed by atoms with E-state index in [1.807, 2.05) is 24.3 Å². The summed E-state index contributed by atoms with van der Waals surface area (Å²) in [7, 11) is 0. The highest BCUT2D eigenvalue weighted by Gasteiger charge is 2.10. The van der Waals surface area contributed by atoms with E-state index in [0.29, 0.717) is 0 Å². The Labute approximate surface area is 78.7 Å². The van der Waals surface area contributed by atoms with E-state index in [1.165, 1.54) is 0 Å². The van der Waals surface area contributed by atoms with Gasteiger partial charge in [0.1, 0.15) is 0 Å². The second-order valence-electron chi connectivity index (χ2n) is 3.14. The molecule has 0 aliphatic rings. The fourth-order valence-corrected chi connectivity index (χ4v) is 1.13. The molecule has 1 aromatic carbocycles. The van der Waals surface area contributed by atoms with Crippen LogP contribution in [0, 0.1) is 0 Å². The Morgan fingerprint density at radius 2 is 1.92 bits per heavy atom. The van der Waals surface area contributed by atoms with Gasteiger partial charge in [-0.1, -0.05) is 36.9 Å². The molecule has 1 unspecified atom stereocenters. The van der Waals surface area contributed by atoms with Gasteiger partial charge >= 0.3 is 0 Å². The Kier molecular flexibility index (Phi) is 3.23. The first-order valence-corrected chi connectivity index (χ1v) is 4.31. The van der Waals surface area contributed by atoms with E-state index >= 15 is 0 Å². The van der Waals surface area contributed by atoms with Gasteiger partial charge < -0.3 is 10.8 Å². The van der Waals surface area contributed by atoms with Crippen LogP contribution in [0.3, 0.4) is 0 Å². The minimum atomic E-state index is -0.519. The van der Waals surface area contributed by atoms with E-state index in [4.69, 9.17) is 5.73 Å². The number of aliphatic hydroxyl groups is 1. The predicted octanol–water partition coefficient (Wildman–Crippen LogP) is 1.71. The van der Waals surface area contributed by atoms with Gasteiger partial charge in [0, 0.05) is 0 Å². The zero-order valence-corrected chi connectivity index (χ0v) is 7.77. The van der Waals surface area contributed by atoms with E-state index < -0.39 is 6.10 Å². The number of nitrogens with two attached hydrogens (primary N) is 1. The molecule has 0 heterocycles. The van der Waals surface area contributed by atoms with E-state index in [-0.39, 0.29) is 6.04 Å². The molecular weight excluding hydrogens is 162 g/mol. The molecule has 0 bridgehead atoms. The minimum absolute atomic E-state index is 0.307. The van der Waals surface area contributed by atoms with Crippen molar-refractivity contribution in [3.8, 4) is 0 Å². The zero-order chi connectivity index (χ0) is 9.84. The molecular formula is C11H15NO. The molecule has 1 rings (SSSR count). The minimum Gasteiger partial charge on any atom is -0.391 e. The molecule has 0 spiro atoms. The van der Waals surface area contributed by atoms with Crippen LogP contribution in [0.15, 0.2) is 30.8 Å². The second kappa shape index (κ2) is 4.21. The van der Waals surface area contributed by atoms with Crippen molar-refractivity contribution in [3.05, 3.63) is 42.0 Å². The van der Waals surface area contributed by atoms with Gasteiger partial charge in [0.2, 0.25) is 0 Å². The molecule has 0 aliphatic carbocycles. The van der Waals surface area contributed by atoms with Gasteiger partial charge in [-0.3, -0.25) is 0 Å². The average Bonchev–Trinajstić information content (AvgIpc) is 2.17. The maximum Gasteiger partial charge on any atom is 0.0704 e. The van der Waals surface area contributed by atoms with Gasteiger partial charge in [0.15, 0.2) is 0 Å². The van der Waals surface area contributed by atoms with Crippen molar-refractivity contribution < 1.29 is 5.11 Å². The molecule has 13 heavy (non-hydrogen) atoms. The topological polar surface area (TPSA) is 46.2 Å². The van der Waals surface area contributed by atoms with Gasteiger partial charge in [-0.05, 0) is 18.1 Å². The molecule has 2 nitrogen and oxygen atoms in total. The molecule has 2 atom stereocenters. The Morgan fingerprint density at radius 1 is 1.38 bits per heavy atom. The van der Waals surface area contributed by atoms with Crippen LogP contribution >= 0.6 is 0 Å². The lowest BCUT2D eigenvalue weighted by molar-refractivity contribution is 0.164. The molecule has 2 heteroatoms. The lowest BCUT2D eigenvalue weighted by Gasteiger charge is -2.14. The van der Waals surface area contributed by atoms with E-state index in [2.05, 4.69) is 6.58 Å². The molecule has 0 aromatic heterocycles. The standard InChI is InChI=1S/C11H15NO/c1-3-9-4-6-10(7-5-9)11(12)8(2)13/h3-8,11,13H,1,12H2,2H3/t8?,11-/m1/s1. The highest BCUT2D eigenvalue weighted by molar-refractivity contribution is 5.47. The van der Waals surface area contributed by atoms with E-state index in [0.717, 1.165) is 11.1 Å². The Balaban J connectivity index is 2.85. The van der Waals surface area contributed by atoms with Crippen LogP contribution < -0.4 is 5.73 Å². The van der Waals surface area contributed by atoms with Crippen molar-refractivity contribution in [1.82, 2.24) is 0 Å². The van der Waals surface area contributed by atoms with E-state index in [1.54, 1.807) is 13.0 Å². The summed E-state index contributed by atoms with van der Waals surface area (Å²) in [5.41, 5.74) is 7.76. The average molecular weight is 177 g/mol. The lowest BCUT2D eigenvalue weighted by atomic mass is 10.0. The number of aliphatic hydroxyl groups excluding tert-OH is 1. The number of benzene rings is 1. The quantitative estimate of drug-likeness (QED) is 0.738. The zero-order valence-electron chi connectivity index (χ0n) is 7.77. The SMILES string of the molecule is C=Cc1ccc([C@H](N)C(C)O)cc1. The van der Waals surface area contributed by atoms with Gasteiger partial charge in [-0.25, -0.2) is 0 Å². The Bertz CT molecular complexity index is 277. The molecule has 1 aromatic rings. The number of rotatable bonds is 3. The third kappa shape index (κ3) is 2.41. The van der Waals surface area contributed by atoms with Crippen LogP contribution in [-0.2, 0) is 0 Å². The fraction of sp³-hybridized carbons (Fsp3) is 0.273. The Hall–Kier alpha value is -1.12. The van der Waals surface area contributed by atoms with Crippen molar-refractivity contribution in [2.45, 2.75) is 19.1 Å². The molecule has 0 aliphatic heterocycles. The highest BCUT2D eigenvalue weighted by atomic mass is 16.3. The molecule has 0 saturated heterocycles. The maximum atomic E-state index is 9.26.